The maximum Gasteiger partial charge on any atom is 0.0148 e. The standard InChI is InChI=1S/C21H14S/c1-22-19-12-11-17-15-8-3-6-13-5-2-7-14(20(13)15)16-9-4-10-18(19)21(16)17/h2-12H,1H3. The molecule has 0 bridgehead atoms. The van der Waals surface area contributed by atoms with Gasteiger partial charge in [-0.3, -0.25) is 0 Å². The third kappa shape index (κ3) is 1.44. The summed E-state index contributed by atoms with van der Waals surface area (Å²) in [5, 5.41) is 11.0. The largest absolute Gasteiger partial charge is 0.129 e. The van der Waals surface area contributed by atoms with Crippen molar-refractivity contribution in [2.45, 2.75) is 4.90 Å². The number of hydrogen-bond donors (Lipinski definition) is 0. The Hall–Kier alpha value is -2.25. The Morgan fingerprint density at radius 2 is 1.09 bits per heavy atom. The predicted octanol–water partition coefficient (Wildman–Crippen LogP) is 6.46. The van der Waals surface area contributed by atoms with Gasteiger partial charge in [-0.05, 0) is 55.4 Å². The van der Waals surface area contributed by atoms with E-state index < -0.39 is 0 Å². The second kappa shape index (κ2) is 4.37. The normalized spacial score (nSPS) is 12.0. The SMILES string of the molecule is CSc1ccc2c3cccc4cccc(c5cccc1c52)c43. The maximum atomic E-state index is 2.29. The molecular formula is C21H14S. The fraction of sp³-hybridized carbons (Fsp3) is 0.0476. The number of hydrogen-bond acceptors (Lipinski definition) is 1. The minimum atomic E-state index is 1.33. The average molecular weight is 298 g/mol. The molecule has 1 heteroatoms. The van der Waals surface area contributed by atoms with E-state index in [1.807, 2.05) is 11.8 Å². The van der Waals surface area contributed by atoms with Crippen molar-refractivity contribution in [2.24, 2.45) is 0 Å². The van der Waals surface area contributed by atoms with Crippen molar-refractivity contribution in [1.29, 1.82) is 0 Å². The first-order valence-corrected chi connectivity index (χ1v) is 8.73. The van der Waals surface area contributed by atoms with Gasteiger partial charge in [-0.15, -0.1) is 11.8 Å². The van der Waals surface area contributed by atoms with Gasteiger partial charge >= 0.3 is 0 Å². The smallest absolute Gasteiger partial charge is 0.0148 e. The zero-order chi connectivity index (χ0) is 14.7. The summed E-state index contributed by atoms with van der Waals surface area (Å²) in [5.74, 6) is 0. The molecule has 0 unspecified atom stereocenters. The minimum Gasteiger partial charge on any atom is -0.129 e. The lowest BCUT2D eigenvalue weighted by molar-refractivity contribution is 1.58. The maximum absolute atomic E-state index is 2.29. The van der Waals surface area contributed by atoms with Gasteiger partial charge in [0.05, 0.1) is 0 Å². The first-order valence-electron chi connectivity index (χ1n) is 7.51. The fourth-order valence-electron chi connectivity index (χ4n) is 3.80. The molecule has 0 aliphatic carbocycles. The zero-order valence-corrected chi connectivity index (χ0v) is 13.1. The number of thioether (sulfide) groups is 1. The van der Waals surface area contributed by atoms with Crippen LogP contribution in [0, 0.1) is 0 Å². The molecule has 5 aromatic carbocycles. The predicted molar refractivity (Wildman–Crippen MR) is 99.4 cm³/mol. The topological polar surface area (TPSA) is 0 Å². The van der Waals surface area contributed by atoms with Gasteiger partial charge in [-0.2, -0.15) is 0 Å². The molecule has 5 rings (SSSR count). The number of fused-ring (bicyclic) bond motifs is 2. The highest BCUT2D eigenvalue weighted by Gasteiger charge is 2.13. The van der Waals surface area contributed by atoms with Gasteiger partial charge in [0.2, 0.25) is 0 Å². The summed E-state index contributed by atoms with van der Waals surface area (Å²) < 4.78 is 0. The van der Waals surface area contributed by atoms with Crippen LogP contribution in [-0.2, 0) is 0 Å². The van der Waals surface area contributed by atoms with E-state index >= 15 is 0 Å². The number of rotatable bonds is 1. The second-order valence-corrected chi connectivity index (χ2v) is 6.60. The van der Waals surface area contributed by atoms with E-state index in [0.717, 1.165) is 0 Å². The van der Waals surface area contributed by atoms with E-state index in [2.05, 4.69) is 73.0 Å². The van der Waals surface area contributed by atoms with Crippen LogP contribution in [0.25, 0.3) is 43.1 Å². The van der Waals surface area contributed by atoms with Gasteiger partial charge in [0.25, 0.3) is 0 Å². The molecular weight excluding hydrogens is 284 g/mol. The Morgan fingerprint density at radius 3 is 1.77 bits per heavy atom. The third-order valence-electron chi connectivity index (χ3n) is 4.71. The zero-order valence-electron chi connectivity index (χ0n) is 12.3. The second-order valence-electron chi connectivity index (χ2n) is 5.75. The van der Waals surface area contributed by atoms with Crippen molar-refractivity contribution >= 4 is 54.9 Å². The van der Waals surface area contributed by atoms with Gasteiger partial charge in [0.15, 0.2) is 0 Å². The molecule has 5 aromatic rings. The highest BCUT2D eigenvalue weighted by Crippen LogP contribution is 2.42. The Morgan fingerprint density at radius 1 is 0.545 bits per heavy atom. The van der Waals surface area contributed by atoms with E-state index in [4.69, 9.17) is 0 Å². The molecule has 0 heterocycles. The Kier molecular flexibility index (Phi) is 2.45. The van der Waals surface area contributed by atoms with E-state index in [1.165, 1.54) is 48.0 Å². The molecule has 0 saturated carbocycles. The lowest BCUT2D eigenvalue weighted by Gasteiger charge is -2.15. The molecule has 104 valence electrons. The first kappa shape index (κ1) is 12.3. The van der Waals surface area contributed by atoms with Crippen LogP contribution in [0.4, 0.5) is 0 Å². The van der Waals surface area contributed by atoms with Gasteiger partial charge in [0, 0.05) is 4.90 Å². The van der Waals surface area contributed by atoms with Gasteiger partial charge in [-0.25, -0.2) is 0 Å². The van der Waals surface area contributed by atoms with E-state index in [0.29, 0.717) is 0 Å². The molecule has 0 fully saturated rings. The van der Waals surface area contributed by atoms with Crippen LogP contribution >= 0.6 is 11.8 Å². The third-order valence-corrected chi connectivity index (χ3v) is 5.50. The van der Waals surface area contributed by atoms with Crippen molar-refractivity contribution in [1.82, 2.24) is 0 Å². The summed E-state index contributed by atoms with van der Waals surface area (Å²) in [7, 11) is 0. The van der Waals surface area contributed by atoms with Crippen LogP contribution in [0.3, 0.4) is 0 Å². The molecule has 0 aliphatic rings. The molecule has 0 aromatic heterocycles. The summed E-state index contributed by atoms with van der Waals surface area (Å²) in [6.07, 6.45) is 2.15. The molecule has 0 aliphatic heterocycles. The van der Waals surface area contributed by atoms with Crippen LogP contribution in [0.15, 0.2) is 71.6 Å². The van der Waals surface area contributed by atoms with Crippen molar-refractivity contribution < 1.29 is 0 Å². The van der Waals surface area contributed by atoms with Gasteiger partial charge in [0.1, 0.15) is 0 Å². The van der Waals surface area contributed by atoms with Crippen LogP contribution in [0.1, 0.15) is 0 Å². The molecule has 0 atom stereocenters. The van der Waals surface area contributed by atoms with Crippen molar-refractivity contribution in [3.63, 3.8) is 0 Å². The van der Waals surface area contributed by atoms with Crippen LogP contribution < -0.4 is 0 Å². The van der Waals surface area contributed by atoms with E-state index in [9.17, 15) is 0 Å². The van der Waals surface area contributed by atoms with Gasteiger partial charge in [-0.1, -0.05) is 60.7 Å². The lowest BCUT2D eigenvalue weighted by atomic mass is 9.90. The first-order chi connectivity index (χ1) is 10.9. The van der Waals surface area contributed by atoms with Crippen LogP contribution in [0.5, 0.6) is 0 Å². The molecule has 0 amide bonds. The molecule has 22 heavy (non-hydrogen) atoms. The summed E-state index contributed by atoms with van der Waals surface area (Å²) in [5.41, 5.74) is 0. The fourth-order valence-corrected chi connectivity index (χ4v) is 4.39. The Bertz CT molecular complexity index is 1100. The van der Waals surface area contributed by atoms with E-state index in [1.54, 1.807) is 0 Å². The summed E-state index contributed by atoms with van der Waals surface area (Å²) in [6, 6.07) is 24.5. The highest BCUT2D eigenvalue weighted by atomic mass is 32.2. The number of benzene rings is 5. The Labute approximate surface area is 133 Å². The average Bonchev–Trinajstić information content (AvgIpc) is 2.59. The van der Waals surface area contributed by atoms with Crippen LogP contribution in [-0.4, -0.2) is 6.26 Å². The molecule has 0 saturated heterocycles. The minimum absolute atomic E-state index is 1.33. The van der Waals surface area contributed by atoms with Crippen molar-refractivity contribution in [3.8, 4) is 0 Å². The van der Waals surface area contributed by atoms with Crippen LogP contribution in [0.2, 0.25) is 0 Å². The monoisotopic (exact) mass is 298 g/mol. The highest BCUT2D eigenvalue weighted by molar-refractivity contribution is 7.98. The summed E-state index contributed by atoms with van der Waals surface area (Å²) in [6.45, 7) is 0. The quantitative estimate of drug-likeness (QED) is 0.194. The van der Waals surface area contributed by atoms with Gasteiger partial charge < -0.3 is 0 Å². The van der Waals surface area contributed by atoms with Crippen molar-refractivity contribution in [3.05, 3.63) is 66.7 Å². The Balaban J connectivity index is 2.23. The van der Waals surface area contributed by atoms with Crippen molar-refractivity contribution in [2.75, 3.05) is 6.26 Å². The van der Waals surface area contributed by atoms with E-state index in [-0.39, 0.29) is 0 Å². The summed E-state index contributed by atoms with van der Waals surface area (Å²) >= 11 is 1.82. The molecule has 0 nitrogen and oxygen atoms in total. The lowest BCUT2D eigenvalue weighted by Crippen LogP contribution is -1.87. The molecule has 0 radical (unpaired) electrons. The summed E-state index contributed by atoms with van der Waals surface area (Å²) in [4.78, 5) is 1.35. The molecule has 0 N–H and O–H groups in total. The molecule has 0 spiro atoms.